The van der Waals surface area contributed by atoms with Gasteiger partial charge >= 0.3 is 6.18 Å². The Morgan fingerprint density at radius 2 is 1.84 bits per heavy atom. The molecule has 160 valence electrons. The summed E-state index contributed by atoms with van der Waals surface area (Å²) in [6.07, 6.45) is 1.47. The number of anilines is 1. The molecule has 3 aromatic heterocycles. The van der Waals surface area contributed by atoms with Crippen LogP contribution < -0.4 is 5.32 Å². The average molecular weight is 435 g/mol. The third-order valence-corrected chi connectivity index (χ3v) is 4.73. The van der Waals surface area contributed by atoms with E-state index in [1.807, 2.05) is 19.1 Å². The summed E-state index contributed by atoms with van der Waals surface area (Å²) in [6, 6.07) is 9.97. The Labute approximate surface area is 181 Å². The fourth-order valence-corrected chi connectivity index (χ4v) is 3.00. The Bertz CT molecular complexity index is 1270. The van der Waals surface area contributed by atoms with Crippen LogP contribution in [0.3, 0.4) is 0 Å². The molecule has 0 spiro atoms. The number of pyridine rings is 1. The van der Waals surface area contributed by atoms with Crippen LogP contribution in [0.2, 0.25) is 0 Å². The first-order chi connectivity index (χ1) is 15.3. The van der Waals surface area contributed by atoms with Crippen molar-refractivity contribution in [3.63, 3.8) is 0 Å². The standard InChI is InChI=1S/C22H16F3N7/c1-13-2-3-15(4-16(13)7-26)21-28-9-14(10-29-21)8-27-18-5-19(17-11-30-31-12-17)32-20(6-18)22(23,24)25/h2-6,9-12H,8H2,1H3,(H,27,32)(H,30,31). The number of nitrogens with zero attached hydrogens (tertiary/aromatic N) is 5. The molecule has 32 heavy (non-hydrogen) atoms. The summed E-state index contributed by atoms with van der Waals surface area (Å²) in [6.45, 7) is 2.06. The predicted molar refractivity (Wildman–Crippen MR) is 111 cm³/mol. The number of benzene rings is 1. The summed E-state index contributed by atoms with van der Waals surface area (Å²) in [4.78, 5) is 12.3. The first-order valence-corrected chi connectivity index (χ1v) is 9.48. The first kappa shape index (κ1) is 21.0. The number of nitrogens with one attached hydrogen (secondary N) is 2. The Morgan fingerprint density at radius 3 is 2.50 bits per heavy atom. The molecule has 1 aromatic carbocycles. The number of hydrogen-bond donors (Lipinski definition) is 2. The maximum absolute atomic E-state index is 13.3. The Balaban J connectivity index is 1.54. The number of halogens is 3. The van der Waals surface area contributed by atoms with E-state index < -0.39 is 11.9 Å². The zero-order valence-electron chi connectivity index (χ0n) is 16.8. The molecule has 0 atom stereocenters. The van der Waals surface area contributed by atoms with E-state index in [1.54, 1.807) is 18.5 Å². The number of hydrogen-bond acceptors (Lipinski definition) is 6. The van der Waals surface area contributed by atoms with Gasteiger partial charge in [-0.3, -0.25) is 5.10 Å². The fraction of sp³-hybridized carbons (Fsp3) is 0.136. The van der Waals surface area contributed by atoms with Gasteiger partial charge in [-0.15, -0.1) is 0 Å². The van der Waals surface area contributed by atoms with Crippen LogP contribution >= 0.6 is 0 Å². The summed E-state index contributed by atoms with van der Waals surface area (Å²) in [5.74, 6) is 0.454. The SMILES string of the molecule is Cc1ccc(-c2ncc(CNc3cc(-c4cn[nH]c4)nc(C(F)(F)F)c3)cn2)cc1C#N. The molecule has 0 saturated carbocycles. The molecular formula is C22H16F3N7. The molecule has 4 aromatic rings. The van der Waals surface area contributed by atoms with Crippen LogP contribution in [-0.2, 0) is 12.7 Å². The van der Waals surface area contributed by atoms with Gasteiger partial charge in [0.1, 0.15) is 5.69 Å². The number of alkyl halides is 3. The number of rotatable bonds is 5. The van der Waals surface area contributed by atoms with Gasteiger partial charge in [0.25, 0.3) is 0 Å². The van der Waals surface area contributed by atoms with Gasteiger partial charge in [0, 0.05) is 47.5 Å². The van der Waals surface area contributed by atoms with Crippen LogP contribution in [0, 0.1) is 18.3 Å². The van der Waals surface area contributed by atoms with Crippen molar-refractivity contribution in [2.24, 2.45) is 0 Å². The topological polar surface area (TPSA) is 103 Å². The monoisotopic (exact) mass is 435 g/mol. The first-order valence-electron chi connectivity index (χ1n) is 9.48. The lowest BCUT2D eigenvalue weighted by Gasteiger charge is -2.12. The van der Waals surface area contributed by atoms with Gasteiger partial charge in [-0.1, -0.05) is 12.1 Å². The van der Waals surface area contributed by atoms with Gasteiger partial charge < -0.3 is 5.32 Å². The summed E-state index contributed by atoms with van der Waals surface area (Å²) in [5, 5.41) is 18.5. The molecule has 2 N–H and O–H groups in total. The number of H-pyrrole nitrogens is 1. The highest BCUT2D eigenvalue weighted by atomic mass is 19.4. The minimum atomic E-state index is -4.59. The van der Waals surface area contributed by atoms with Crippen molar-refractivity contribution in [2.75, 3.05) is 5.32 Å². The normalized spacial score (nSPS) is 11.2. The van der Waals surface area contributed by atoms with Gasteiger partial charge in [0.2, 0.25) is 0 Å². The number of aromatic nitrogens is 5. The molecule has 0 unspecified atom stereocenters. The van der Waals surface area contributed by atoms with Gasteiger partial charge in [-0.05, 0) is 30.7 Å². The third kappa shape index (κ3) is 4.57. The van der Waals surface area contributed by atoms with Crippen molar-refractivity contribution in [1.29, 1.82) is 5.26 Å². The van der Waals surface area contributed by atoms with Crippen LogP contribution in [0.4, 0.5) is 18.9 Å². The van der Waals surface area contributed by atoms with Crippen LogP contribution in [0.25, 0.3) is 22.6 Å². The Morgan fingerprint density at radius 1 is 1.06 bits per heavy atom. The molecule has 0 amide bonds. The van der Waals surface area contributed by atoms with E-state index in [2.05, 4.69) is 36.5 Å². The van der Waals surface area contributed by atoms with Crippen molar-refractivity contribution in [2.45, 2.75) is 19.6 Å². The van der Waals surface area contributed by atoms with E-state index >= 15 is 0 Å². The summed E-state index contributed by atoms with van der Waals surface area (Å²) in [5.41, 5.74) is 2.64. The Hall–Kier alpha value is -4.26. The van der Waals surface area contributed by atoms with Crippen molar-refractivity contribution >= 4 is 5.69 Å². The smallest absolute Gasteiger partial charge is 0.381 e. The zero-order chi connectivity index (χ0) is 22.7. The summed E-state index contributed by atoms with van der Waals surface area (Å²) >= 11 is 0. The van der Waals surface area contributed by atoms with Crippen molar-refractivity contribution < 1.29 is 13.2 Å². The lowest BCUT2D eigenvalue weighted by Crippen LogP contribution is -2.10. The van der Waals surface area contributed by atoms with Gasteiger partial charge in [-0.25, -0.2) is 15.0 Å². The van der Waals surface area contributed by atoms with E-state index in [0.29, 0.717) is 28.1 Å². The largest absolute Gasteiger partial charge is 0.433 e. The molecule has 0 aliphatic rings. The number of nitriles is 1. The summed E-state index contributed by atoms with van der Waals surface area (Å²) < 4.78 is 39.9. The maximum Gasteiger partial charge on any atom is 0.433 e. The van der Waals surface area contributed by atoms with Crippen molar-refractivity contribution in [3.8, 4) is 28.7 Å². The lowest BCUT2D eigenvalue weighted by atomic mass is 10.1. The molecule has 0 saturated heterocycles. The van der Waals surface area contributed by atoms with Crippen LogP contribution in [0.1, 0.15) is 22.4 Å². The highest BCUT2D eigenvalue weighted by Crippen LogP contribution is 2.32. The lowest BCUT2D eigenvalue weighted by molar-refractivity contribution is -0.141. The summed E-state index contributed by atoms with van der Waals surface area (Å²) in [7, 11) is 0. The van der Waals surface area contributed by atoms with Crippen LogP contribution in [0.15, 0.2) is 55.1 Å². The quantitative estimate of drug-likeness (QED) is 0.469. The molecule has 3 heterocycles. The molecular weight excluding hydrogens is 419 g/mol. The molecule has 0 aliphatic heterocycles. The number of aromatic amines is 1. The Kier molecular flexibility index (Phi) is 5.55. The van der Waals surface area contributed by atoms with E-state index in [9.17, 15) is 18.4 Å². The van der Waals surface area contributed by atoms with E-state index in [4.69, 9.17) is 0 Å². The highest BCUT2D eigenvalue weighted by Gasteiger charge is 2.33. The minimum absolute atomic E-state index is 0.148. The molecule has 0 radical (unpaired) electrons. The van der Waals surface area contributed by atoms with Crippen LogP contribution in [0.5, 0.6) is 0 Å². The van der Waals surface area contributed by atoms with Crippen LogP contribution in [-0.4, -0.2) is 25.1 Å². The van der Waals surface area contributed by atoms with Gasteiger partial charge in [0.05, 0.1) is 23.5 Å². The molecule has 10 heteroatoms. The second kappa shape index (κ2) is 8.47. The van der Waals surface area contributed by atoms with E-state index in [1.165, 1.54) is 18.5 Å². The molecule has 0 bridgehead atoms. The van der Waals surface area contributed by atoms with Crippen molar-refractivity contribution in [3.05, 3.63) is 77.5 Å². The highest BCUT2D eigenvalue weighted by molar-refractivity contribution is 5.64. The fourth-order valence-electron chi connectivity index (χ4n) is 3.00. The molecule has 4 rings (SSSR count). The van der Waals surface area contributed by atoms with E-state index in [0.717, 1.165) is 11.6 Å². The third-order valence-electron chi connectivity index (χ3n) is 4.73. The molecule has 7 nitrogen and oxygen atoms in total. The van der Waals surface area contributed by atoms with Crippen molar-refractivity contribution in [1.82, 2.24) is 25.1 Å². The predicted octanol–water partition coefficient (Wildman–Crippen LogP) is 4.74. The molecule has 0 fully saturated rings. The molecule has 0 aliphatic carbocycles. The minimum Gasteiger partial charge on any atom is -0.381 e. The second-order valence-electron chi connectivity index (χ2n) is 7.02. The zero-order valence-corrected chi connectivity index (χ0v) is 16.8. The number of aryl methyl sites for hydroxylation is 1. The van der Waals surface area contributed by atoms with Gasteiger partial charge in [-0.2, -0.15) is 23.5 Å². The second-order valence-corrected chi connectivity index (χ2v) is 7.02. The van der Waals surface area contributed by atoms with Gasteiger partial charge in [0.15, 0.2) is 5.82 Å². The average Bonchev–Trinajstić information content (AvgIpc) is 3.33. The maximum atomic E-state index is 13.3. The van der Waals surface area contributed by atoms with E-state index in [-0.39, 0.29) is 17.9 Å².